The maximum Gasteiger partial charge on any atom is 0.259 e. The lowest BCUT2D eigenvalue weighted by Crippen LogP contribution is -2.33. The molecule has 1 aliphatic heterocycles. The second-order valence-corrected chi connectivity index (χ2v) is 8.35. The molecule has 1 unspecified atom stereocenters. The molecule has 1 amide bonds. The van der Waals surface area contributed by atoms with Crippen LogP contribution in [0.25, 0.3) is 10.9 Å². The number of benzene rings is 1. The number of aromatic nitrogens is 3. The second kappa shape index (κ2) is 6.87. The average Bonchev–Trinajstić information content (AvgIpc) is 3.32. The molecule has 2 aromatic heterocycles. The molecule has 3 aromatic rings. The van der Waals surface area contributed by atoms with Crippen molar-refractivity contribution >= 4 is 16.8 Å². The number of carbonyl (C=O) groups excluding carboxylic acids is 1. The van der Waals surface area contributed by atoms with Crippen LogP contribution in [0.15, 0.2) is 29.2 Å². The molecule has 6 nitrogen and oxygen atoms in total. The highest BCUT2D eigenvalue weighted by molar-refractivity contribution is 5.97. The van der Waals surface area contributed by atoms with Gasteiger partial charge in [0, 0.05) is 30.4 Å². The van der Waals surface area contributed by atoms with E-state index in [0.29, 0.717) is 18.5 Å². The quantitative estimate of drug-likeness (QED) is 0.730. The van der Waals surface area contributed by atoms with E-state index in [1.807, 2.05) is 24.0 Å². The minimum atomic E-state index is -0.188. The number of pyridine rings is 1. The molecule has 1 fully saturated rings. The number of fused-ring (bicyclic) bond motifs is 2. The molecular formula is C23H26N4O2. The first-order valence-electron chi connectivity index (χ1n) is 10.5. The Morgan fingerprint density at radius 1 is 1.21 bits per heavy atom. The number of likely N-dealkylation sites (tertiary alicyclic amines) is 1. The van der Waals surface area contributed by atoms with Crippen molar-refractivity contribution in [1.82, 2.24) is 19.4 Å². The predicted octanol–water partition coefficient (Wildman–Crippen LogP) is 3.31. The topological polar surface area (TPSA) is 71.0 Å². The number of amides is 1. The van der Waals surface area contributed by atoms with Gasteiger partial charge in [-0.25, -0.2) is 4.98 Å². The van der Waals surface area contributed by atoms with Gasteiger partial charge >= 0.3 is 0 Å². The van der Waals surface area contributed by atoms with Crippen LogP contribution in [0.5, 0.6) is 0 Å². The molecule has 1 N–H and O–H groups in total. The van der Waals surface area contributed by atoms with Crippen LogP contribution in [0.3, 0.4) is 0 Å². The number of H-pyrrole nitrogens is 1. The maximum atomic E-state index is 13.2. The maximum absolute atomic E-state index is 13.2. The van der Waals surface area contributed by atoms with E-state index >= 15 is 0 Å². The summed E-state index contributed by atoms with van der Waals surface area (Å²) in [7, 11) is 0. The van der Waals surface area contributed by atoms with Crippen LogP contribution in [0.4, 0.5) is 0 Å². The fourth-order valence-corrected chi connectivity index (χ4v) is 5.05. The van der Waals surface area contributed by atoms with Gasteiger partial charge in [-0.2, -0.15) is 0 Å². The molecule has 150 valence electrons. The summed E-state index contributed by atoms with van der Waals surface area (Å²) < 4.78 is 2.36. The highest BCUT2D eigenvalue weighted by Crippen LogP contribution is 2.30. The van der Waals surface area contributed by atoms with E-state index in [0.717, 1.165) is 36.2 Å². The number of aryl methyl sites for hydroxylation is 3. The van der Waals surface area contributed by atoms with E-state index in [9.17, 15) is 9.59 Å². The van der Waals surface area contributed by atoms with Gasteiger partial charge in [-0.1, -0.05) is 12.1 Å². The minimum Gasteiger partial charge on any atom is -0.360 e. The number of hydrogen-bond acceptors (Lipinski definition) is 3. The summed E-state index contributed by atoms with van der Waals surface area (Å²) in [5.41, 5.74) is 4.43. The highest BCUT2D eigenvalue weighted by Gasteiger charge is 2.32. The molecule has 1 atom stereocenters. The van der Waals surface area contributed by atoms with Gasteiger partial charge in [0.15, 0.2) is 0 Å². The number of nitrogens with zero attached hydrogens (tertiary/aromatic N) is 3. The van der Waals surface area contributed by atoms with Gasteiger partial charge < -0.3 is 14.5 Å². The summed E-state index contributed by atoms with van der Waals surface area (Å²) in [5.74, 6) is 0.874. The third kappa shape index (κ3) is 2.89. The first-order valence-corrected chi connectivity index (χ1v) is 10.5. The molecule has 1 aliphatic carbocycles. The van der Waals surface area contributed by atoms with Gasteiger partial charge in [-0.05, 0) is 57.6 Å². The molecule has 6 heteroatoms. The predicted molar refractivity (Wildman–Crippen MR) is 112 cm³/mol. The Labute approximate surface area is 169 Å². The van der Waals surface area contributed by atoms with Crippen LogP contribution in [-0.4, -0.2) is 38.4 Å². The molecule has 3 heterocycles. The zero-order valence-electron chi connectivity index (χ0n) is 17.0. The summed E-state index contributed by atoms with van der Waals surface area (Å²) in [6.45, 7) is 5.33. The molecule has 2 aliphatic rings. The molecule has 0 spiro atoms. The molecule has 0 saturated carbocycles. The van der Waals surface area contributed by atoms with Crippen LogP contribution < -0.4 is 5.43 Å². The van der Waals surface area contributed by atoms with Crippen molar-refractivity contribution in [2.45, 2.75) is 52.0 Å². The lowest BCUT2D eigenvalue weighted by molar-refractivity contribution is 0.0786. The van der Waals surface area contributed by atoms with Crippen molar-refractivity contribution in [3.63, 3.8) is 0 Å². The van der Waals surface area contributed by atoms with Gasteiger partial charge in [0.25, 0.3) is 5.91 Å². The first-order chi connectivity index (χ1) is 14.0. The fourth-order valence-electron chi connectivity index (χ4n) is 5.05. The van der Waals surface area contributed by atoms with Crippen molar-refractivity contribution < 1.29 is 4.79 Å². The largest absolute Gasteiger partial charge is 0.360 e. The van der Waals surface area contributed by atoms with Gasteiger partial charge in [0.05, 0.1) is 17.3 Å². The molecule has 0 bridgehead atoms. The van der Waals surface area contributed by atoms with Gasteiger partial charge in [-0.15, -0.1) is 0 Å². The fraction of sp³-hybridized carbons (Fsp3) is 0.435. The van der Waals surface area contributed by atoms with Gasteiger partial charge in [-0.3, -0.25) is 9.59 Å². The van der Waals surface area contributed by atoms with Crippen LogP contribution in [-0.2, 0) is 12.8 Å². The number of rotatable bonds is 2. The number of para-hydroxylation sites is 1. The van der Waals surface area contributed by atoms with Crippen molar-refractivity contribution in [3.05, 3.63) is 63.0 Å². The number of imidazole rings is 1. The van der Waals surface area contributed by atoms with E-state index in [1.165, 1.54) is 24.2 Å². The van der Waals surface area contributed by atoms with Crippen LogP contribution in [0.1, 0.15) is 58.4 Å². The van der Waals surface area contributed by atoms with Crippen molar-refractivity contribution in [3.8, 4) is 0 Å². The molecule has 5 rings (SSSR count). The van der Waals surface area contributed by atoms with E-state index in [4.69, 9.17) is 4.98 Å². The molecule has 0 radical (unpaired) electrons. The SMILES string of the molecule is Cc1cccc2c(=O)c(C(=O)N3CCC(n4c(C)nc5c4CCCC5)C3)c[nH]c12. The second-order valence-electron chi connectivity index (χ2n) is 8.35. The van der Waals surface area contributed by atoms with E-state index in [1.54, 1.807) is 12.3 Å². The van der Waals surface area contributed by atoms with Crippen molar-refractivity contribution in [2.75, 3.05) is 13.1 Å². The molecule has 1 aromatic carbocycles. The Morgan fingerprint density at radius 2 is 2.03 bits per heavy atom. The first kappa shape index (κ1) is 18.2. The van der Waals surface area contributed by atoms with Gasteiger partial charge in [0.1, 0.15) is 11.4 Å². The molecular weight excluding hydrogens is 364 g/mol. The van der Waals surface area contributed by atoms with Crippen LogP contribution in [0, 0.1) is 13.8 Å². The Morgan fingerprint density at radius 3 is 2.90 bits per heavy atom. The Bertz CT molecular complexity index is 1170. The van der Waals surface area contributed by atoms with Crippen LogP contribution >= 0.6 is 0 Å². The van der Waals surface area contributed by atoms with Crippen molar-refractivity contribution in [2.24, 2.45) is 0 Å². The number of aromatic amines is 1. The lowest BCUT2D eigenvalue weighted by Gasteiger charge is -2.21. The zero-order valence-corrected chi connectivity index (χ0v) is 17.0. The third-order valence-corrected chi connectivity index (χ3v) is 6.52. The summed E-state index contributed by atoms with van der Waals surface area (Å²) in [5, 5.41) is 0.575. The zero-order chi connectivity index (χ0) is 20.1. The Hall–Kier alpha value is -2.89. The van der Waals surface area contributed by atoms with E-state index < -0.39 is 0 Å². The monoisotopic (exact) mass is 390 g/mol. The van der Waals surface area contributed by atoms with E-state index in [2.05, 4.69) is 16.5 Å². The molecule has 1 saturated heterocycles. The smallest absolute Gasteiger partial charge is 0.259 e. The number of nitrogens with one attached hydrogen (secondary N) is 1. The standard InChI is InChI=1S/C23H26N4O2/c1-14-6-5-7-17-21(14)24-12-18(22(17)28)23(29)26-11-10-16(13-26)27-15(2)25-19-8-3-4-9-20(19)27/h5-7,12,16H,3-4,8-11,13H2,1-2H3,(H,24,28). The normalized spacial score (nSPS) is 19.0. The summed E-state index contributed by atoms with van der Waals surface area (Å²) in [4.78, 5) is 35.9. The van der Waals surface area contributed by atoms with E-state index in [-0.39, 0.29) is 22.9 Å². The summed E-state index contributed by atoms with van der Waals surface area (Å²) in [6, 6.07) is 5.85. The Balaban J connectivity index is 1.43. The minimum absolute atomic E-state index is 0.177. The third-order valence-electron chi connectivity index (χ3n) is 6.52. The molecule has 29 heavy (non-hydrogen) atoms. The summed E-state index contributed by atoms with van der Waals surface area (Å²) >= 11 is 0. The average molecular weight is 390 g/mol. The van der Waals surface area contributed by atoms with Gasteiger partial charge in [0.2, 0.25) is 5.43 Å². The highest BCUT2D eigenvalue weighted by atomic mass is 16.2. The number of hydrogen-bond donors (Lipinski definition) is 1. The summed E-state index contributed by atoms with van der Waals surface area (Å²) in [6.07, 6.45) is 7.04. The van der Waals surface area contributed by atoms with Crippen LogP contribution in [0.2, 0.25) is 0 Å². The lowest BCUT2D eigenvalue weighted by atomic mass is 10.0. The Kier molecular flexibility index (Phi) is 4.30. The number of carbonyl (C=O) groups is 1. The van der Waals surface area contributed by atoms with Crippen molar-refractivity contribution in [1.29, 1.82) is 0 Å².